The number of carboxylic acid groups (broad SMARTS) is 1. The van der Waals surface area contributed by atoms with Crippen LogP contribution in [0, 0.1) is 0 Å². The van der Waals surface area contributed by atoms with Gasteiger partial charge in [0.1, 0.15) is 0 Å². The van der Waals surface area contributed by atoms with Crippen LogP contribution in [0.1, 0.15) is 33.3 Å². The van der Waals surface area contributed by atoms with Crippen molar-refractivity contribution in [3.05, 3.63) is 60.3 Å². The highest BCUT2D eigenvalue weighted by Crippen LogP contribution is 2.36. The van der Waals surface area contributed by atoms with Crippen LogP contribution < -0.4 is 10.4 Å². The number of carbonyl (C=O) groups is 1. The molecule has 1 aromatic heterocycles. The Labute approximate surface area is 217 Å². The second kappa shape index (κ2) is 9.93. The molecule has 2 aliphatic rings. The number of amides is 1. The van der Waals surface area contributed by atoms with E-state index in [0.717, 1.165) is 21.9 Å². The Kier molecular flexibility index (Phi) is 6.83. The first-order valence-corrected chi connectivity index (χ1v) is 12.6. The van der Waals surface area contributed by atoms with Crippen molar-refractivity contribution in [2.45, 2.75) is 51.5 Å². The van der Waals surface area contributed by atoms with Crippen molar-refractivity contribution in [2.24, 2.45) is 0 Å². The van der Waals surface area contributed by atoms with Crippen LogP contribution in [-0.2, 0) is 20.6 Å². The van der Waals surface area contributed by atoms with Crippen LogP contribution in [0.15, 0.2) is 54.7 Å². The van der Waals surface area contributed by atoms with E-state index in [9.17, 15) is 9.90 Å². The highest BCUT2D eigenvalue weighted by atomic mass is 16.7. The van der Waals surface area contributed by atoms with E-state index in [1.54, 1.807) is 6.20 Å². The normalized spacial score (nSPS) is 20.8. The third-order valence-corrected chi connectivity index (χ3v) is 7.52. The van der Waals surface area contributed by atoms with E-state index in [2.05, 4.69) is 0 Å². The molecule has 2 fully saturated rings. The maximum Gasteiger partial charge on any atom is 0.494 e. The Bertz CT molecular complexity index is 1260. The topological polar surface area (TPSA) is 97.3 Å². The van der Waals surface area contributed by atoms with Crippen molar-refractivity contribution < 1.29 is 23.9 Å². The zero-order valence-electron chi connectivity index (χ0n) is 21.8. The highest BCUT2D eigenvalue weighted by Gasteiger charge is 2.51. The Morgan fingerprint density at radius 2 is 1.86 bits per heavy atom. The van der Waals surface area contributed by atoms with Crippen molar-refractivity contribution in [3.63, 3.8) is 0 Å². The first-order valence-electron chi connectivity index (χ1n) is 12.6. The molecule has 2 aromatic carbocycles. The number of rotatable bonds is 6. The van der Waals surface area contributed by atoms with Gasteiger partial charge in [-0.1, -0.05) is 42.5 Å². The van der Waals surface area contributed by atoms with Crippen LogP contribution in [0.25, 0.3) is 10.9 Å². The van der Waals surface area contributed by atoms with E-state index in [1.807, 2.05) is 81.1 Å². The van der Waals surface area contributed by atoms with E-state index in [0.29, 0.717) is 38.8 Å². The maximum absolute atomic E-state index is 11.8. The Hall–Kier alpha value is -3.21. The number of nitrogens with zero attached hydrogens (tertiary/aromatic N) is 4. The first-order chi connectivity index (χ1) is 17.6. The zero-order valence-corrected chi connectivity index (χ0v) is 21.8. The maximum atomic E-state index is 11.8. The lowest BCUT2D eigenvalue weighted by molar-refractivity contribution is 0.00237. The summed E-state index contributed by atoms with van der Waals surface area (Å²) in [6.07, 6.45) is 0.860. The highest BCUT2D eigenvalue weighted by molar-refractivity contribution is 6.62. The average molecular weight is 504 g/mol. The minimum absolute atomic E-state index is 0.319. The van der Waals surface area contributed by atoms with Crippen molar-refractivity contribution in [1.29, 1.82) is 0 Å². The van der Waals surface area contributed by atoms with Gasteiger partial charge in [0.05, 0.1) is 36.0 Å². The van der Waals surface area contributed by atoms with Gasteiger partial charge in [0.25, 0.3) is 0 Å². The molecular formula is C27H33BN4O5. The fourth-order valence-corrected chi connectivity index (χ4v) is 4.65. The summed E-state index contributed by atoms with van der Waals surface area (Å²) in [5.74, 6) is 0.538. The molecule has 0 bridgehead atoms. The third kappa shape index (κ3) is 5.27. The van der Waals surface area contributed by atoms with Gasteiger partial charge >= 0.3 is 13.2 Å². The van der Waals surface area contributed by atoms with Gasteiger partial charge in [-0.25, -0.2) is 14.8 Å². The molecule has 1 atom stereocenters. The molecule has 0 aliphatic carbocycles. The third-order valence-electron chi connectivity index (χ3n) is 7.52. The summed E-state index contributed by atoms with van der Waals surface area (Å²) in [4.78, 5) is 24.8. The number of benzene rings is 2. The van der Waals surface area contributed by atoms with Crippen LogP contribution >= 0.6 is 0 Å². The molecule has 1 unspecified atom stereocenters. The van der Waals surface area contributed by atoms with Crippen molar-refractivity contribution in [3.8, 4) is 0 Å². The van der Waals surface area contributed by atoms with Crippen LogP contribution in [-0.4, -0.2) is 76.7 Å². The molecule has 2 saturated heterocycles. The molecule has 1 amide bonds. The standard InChI is InChI=1S/C27H33BN4O5/c1-26(2)27(3,4)37-28(36-26)21-10-11-23-20(14-21)15-29-24(30-23)31(16-19-8-6-5-7-9-19)17-22-18-35-13-12-32(22)25(33)34/h5-11,14-15,22H,12-13,16-18H2,1-4H3,(H,33,34). The SMILES string of the molecule is CC1(C)OB(c2ccc3nc(N(Cc4ccccc4)CC4COCCN4C(=O)O)ncc3c2)OC1(C)C. The predicted octanol–water partition coefficient (Wildman–Crippen LogP) is 3.31. The molecule has 5 rings (SSSR count). The van der Waals surface area contributed by atoms with Gasteiger partial charge in [-0.3, -0.25) is 4.90 Å². The molecule has 10 heteroatoms. The molecule has 0 radical (unpaired) electrons. The van der Waals surface area contributed by atoms with Crippen molar-refractivity contribution in [2.75, 3.05) is 31.2 Å². The summed E-state index contributed by atoms with van der Waals surface area (Å²) >= 11 is 0. The van der Waals surface area contributed by atoms with Crippen LogP contribution in [0.4, 0.5) is 10.7 Å². The largest absolute Gasteiger partial charge is 0.494 e. The minimum Gasteiger partial charge on any atom is -0.465 e. The van der Waals surface area contributed by atoms with Gasteiger partial charge in [-0.05, 0) is 44.8 Å². The minimum atomic E-state index is -0.942. The van der Waals surface area contributed by atoms with Crippen LogP contribution in [0.2, 0.25) is 0 Å². The average Bonchev–Trinajstić information content (AvgIpc) is 3.10. The van der Waals surface area contributed by atoms with Gasteiger partial charge < -0.3 is 24.1 Å². The summed E-state index contributed by atoms with van der Waals surface area (Å²) < 4.78 is 18.0. The number of hydrogen-bond acceptors (Lipinski definition) is 7. The Morgan fingerprint density at radius 1 is 1.14 bits per heavy atom. The second-order valence-corrected chi connectivity index (χ2v) is 10.6. The quantitative estimate of drug-likeness (QED) is 0.511. The Morgan fingerprint density at radius 3 is 2.57 bits per heavy atom. The van der Waals surface area contributed by atoms with E-state index in [4.69, 9.17) is 24.0 Å². The van der Waals surface area contributed by atoms with E-state index < -0.39 is 24.4 Å². The van der Waals surface area contributed by atoms with Gasteiger partial charge in [0, 0.05) is 31.2 Å². The van der Waals surface area contributed by atoms with Crippen molar-refractivity contribution in [1.82, 2.24) is 14.9 Å². The van der Waals surface area contributed by atoms with Gasteiger partial charge in [-0.15, -0.1) is 0 Å². The lowest BCUT2D eigenvalue weighted by atomic mass is 9.78. The Balaban J connectivity index is 1.43. The summed E-state index contributed by atoms with van der Waals surface area (Å²) in [6.45, 7) is 10.2. The molecule has 9 nitrogen and oxygen atoms in total. The second-order valence-electron chi connectivity index (χ2n) is 10.6. The van der Waals surface area contributed by atoms with E-state index in [1.165, 1.54) is 4.90 Å². The lowest BCUT2D eigenvalue weighted by Gasteiger charge is -2.36. The number of morpholine rings is 1. The molecule has 194 valence electrons. The number of anilines is 1. The summed E-state index contributed by atoms with van der Waals surface area (Å²) in [7, 11) is -0.461. The van der Waals surface area contributed by atoms with Crippen LogP contribution in [0.5, 0.6) is 0 Å². The number of hydrogen-bond donors (Lipinski definition) is 1. The van der Waals surface area contributed by atoms with Gasteiger partial charge in [0.2, 0.25) is 5.95 Å². The molecule has 1 N–H and O–H groups in total. The number of fused-ring (bicyclic) bond motifs is 1. The van der Waals surface area contributed by atoms with E-state index >= 15 is 0 Å². The van der Waals surface area contributed by atoms with Crippen molar-refractivity contribution >= 4 is 35.5 Å². The monoisotopic (exact) mass is 504 g/mol. The molecule has 0 saturated carbocycles. The number of aromatic nitrogens is 2. The molecule has 0 spiro atoms. The molecule has 3 aromatic rings. The predicted molar refractivity (Wildman–Crippen MR) is 142 cm³/mol. The molecule has 3 heterocycles. The lowest BCUT2D eigenvalue weighted by Crippen LogP contribution is -2.53. The molecule has 37 heavy (non-hydrogen) atoms. The van der Waals surface area contributed by atoms with Gasteiger partial charge in [-0.2, -0.15) is 0 Å². The first kappa shape index (κ1) is 25.4. The van der Waals surface area contributed by atoms with E-state index in [-0.39, 0.29) is 6.04 Å². The summed E-state index contributed by atoms with van der Waals surface area (Å²) in [6, 6.07) is 15.6. The molecular weight excluding hydrogens is 471 g/mol. The fraction of sp³-hybridized carbons (Fsp3) is 0.444. The van der Waals surface area contributed by atoms with Gasteiger partial charge in [0.15, 0.2) is 0 Å². The van der Waals surface area contributed by atoms with Crippen LogP contribution in [0.3, 0.4) is 0 Å². The fourth-order valence-electron chi connectivity index (χ4n) is 4.65. The number of ether oxygens (including phenoxy) is 1. The zero-order chi connectivity index (χ0) is 26.2. The smallest absolute Gasteiger partial charge is 0.465 e. The summed E-state index contributed by atoms with van der Waals surface area (Å²) in [5, 5.41) is 10.6. The summed E-state index contributed by atoms with van der Waals surface area (Å²) in [5.41, 5.74) is 1.95. The molecule has 2 aliphatic heterocycles.